The van der Waals surface area contributed by atoms with Crippen LogP contribution in [0, 0.1) is 6.92 Å². The highest BCUT2D eigenvalue weighted by molar-refractivity contribution is 7.12. The Morgan fingerprint density at radius 2 is 2.13 bits per heavy atom. The molecular weight excluding hydrogens is 312 g/mol. The monoisotopic (exact) mass is 328 g/mol. The molecular formula is C16H16N4O2S. The van der Waals surface area contributed by atoms with E-state index < -0.39 is 0 Å². The smallest absolute Gasteiger partial charge is 0.251 e. The van der Waals surface area contributed by atoms with Crippen molar-refractivity contribution in [2.45, 2.75) is 6.92 Å². The average Bonchev–Trinajstić information content (AvgIpc) is 3.15. The van der Waals surface area contributed by atoms with Crippen LogP contribution < -0.4 is 5.32 Å². The van der Waals surface area contributed by atoms with E-state index in [2.05, 4.69) is 15.4 Å². The number of aromatic nitrogens is 3. The number of nitrogens with zero attached hydrogens (tertiary/aromatic N) is 3. The molecule has 0 radical (unpaired) electrons. The number of hydrogen-bond donors (Lipinski definition) is 1. The van der Waals surface area contributed by atoms with Crippen LogP contribution in [0.1, 0.15) is 5.69 Å². The first-order valence-corrected chi connectivity index (χ1v) is 7.92. The van der Waals surface area contributed by atoms with Gasteiger partial charge in [0.2, 0.25) is 5.13 Å². The summed E-state index contributed by atoms with van der Waals surface area (Å²) in [7, 11) is 1.48. The molecule has 3 aromatic rings. The van der Waals surface area contributed by atoms with Crippen LogP contribution in [0.25, 0.3) is 16.4 Å². The second-order valence-electron chi connectivity index (χ2n) is 4.95. The van der Waals surface area contributed by atoms with Gasteiger partial charge in [-0.05, 0) is 6.92 Å². The summed E-state index contributed by atoms with van der Waals surface area (Å²) < 4.78 is 6.47. The van der Waals surface area contributed by atoms with E-state index in [1.54, 1.807) is 10.7 Å². The highest BCUT2D eigenvalue weighted by Gasteiger charge is 2.14. The number of hydrogen-bond acceptors (Lipinski definition) is 5. The molecule has 0 aliphatic heterocycles. The largest absolute Gasteiger partial charge is 0.375 e. The van der Waals surface area contributed by atoms with Gasteiger partial charge in [-0.25, -0.2) is 4.98 Å². The number of amides is 1. The number of carbonyl (C=O) groups excluding carboxylic acids is 1. The molecule has 0 unspecified atom stereocenters. The third kappa shape index (κ3) is 3.46. The van der Waals surface area contributed by atoms with Gasteiger partial charge in [-0.2, -0.15) is 9.78 Å². The van der Waals surface area contributed by atoms with Crippen LogP contribution in [0.15, 0.2) is 41.8 Å². The van der Waals surface area contributed by atoms with Crippen molar-refractivity contribution in [3.05, 3.63) is 47.5 Å². The van der Waals surface area contributed by atoms with E-state index in [0.717, 1.165) is 17.0 Å². The Balaban J connectivity index is 1.90. The predicted octanol–water partition coefficient (Wildman–Crippen LogP) is 2.89. The van der Waals surface area contributed by atoms with Crippen molar-refractivity contribution in [1.29, 1.82) is 0 Å². The van der Waals surface area contributed by atoms with Crippen molar-refractivity contribution in [1.82, 2.24) is 14.8 Å². The molecule has 7 heteroatoms. The molecule has 0 fully saturated rings. The first-order valence-electron chi connectivity index (χ1n) is 7.04. The highest BCUT2D eigenvalue weighted by Crippen LogP contribution is 2.26. The molecule has 0 atom stereocenters. The van der Waals surface area contributed by atoms with Gasteiger partial charge in [0, 0.05) is 24.1 Å². The SMILES string of the molecule is COCC(=O)Nc1cc(C)nn1-c1nc(-c2ccccc2)cs1. The van der Waals surface area contributed by atoms with Crippen LogP contribution in [0.5, 0.6) is 0 Å². The van der Waals surface area contributed by atoms with E-state index in [0.29, 0.717) is 10.9 Å². The van der Waals surface area contributed by atoms with Crippen LogP contribution in [0.4, 0.5) is 5.82 Å². The molecule has 3 rings (SSSR count). The van der Waals surface area contributed by atoms with E-state index in [4.69, 9.17) is 4.74 Å². The number of methoxy groups -OCH3 is 1. The normalized spacial score (nSPS) is 10.7. The van der Waals surface area contributed by atoms with Crippen molar-refractivity contribution in [2.24, 2.45) is 0 Å². The molecule has 1 amide bonds. The Morgan fingerprint density at radius 3 is 2.87 bits per heavy atom. The van der Waals surface area contributed by atoms with Gasteiger partial charge in [0.25, 0.3) is 5.91 Å². The van der Waals surface area contributed by atoms with Gasteiger partial charge in [0.1, 0.15) is 12.4 Å². The second-order valence-corrected chi connectivity index (χ2v) is 5.78. The maximum atomic E-state index is 11.7. The molecule has 0 saturated carbocycles. The fraction of sp³-hybridized carbons (Fsp3) is 0.188. The molecule has 2 aromatic heterocycles. The molecule has 23 heavy (non-hydrogen) atoms. The van der Waals surface area contributed by atoms with Crippen LogP contribution in [0.2, 0.25) is 0 Å². The Morgan fingerprint density at radius 1 is 1.35 bits per heavy atom. The van der Waals surface area contributed by atoms with Crippen LogP contribution in [-0.2, 0) is 9.53 Å². The Kier molecular flexibility index (Phi) is 4.50. The van der Waals surface area contributed by atoms with Crippen molar-refractivity contribution >= 4 is 23.1 Å². The fourth-order valence-electron chi connectivity index (χ4n) is 2.15. The summed E-state index contributed by atoms with van der Waals surface area (Å²) in [6.07, 6.45) is 0. The van der Waals surface area contributed by atoms with Gasteiger partial charge in [-0.1, -0.05) is 30.3 Å². The predicted molar refractivity (Wildman–Crippen MR) is 89.9 cm³/mol. The zero-order chi connectivity index (χ0) is 16.2. The quantitative estimate of drug-likeness (QED) is 0.782. The summed E-state index contributed by atoms with van der Waals surface area (Å²) in [5.41, 5.74) is 2.73. The molecule has 1 aromatic carbocycles. The van der Waals surface area contributed by atoms with Gasteiger partial charge < -0.3 is 10.1 Å². The third-order valence-corrected chi connectivity index (χ3v) is 3.93. The van der Waals surface area contributed by atoms with E-state index >= 15 is 0 Å². The highest BCUT2D eigenvalue weighted by atomic mass is 32.1. The lowest BCUT2D eigenvalue weighted by molar-refractivity contribution is -0.119. The van der Waals surface area contributed by atoms with Crippen molar-refractivity contribution in [2.75, 3.05) is 19.0 Å². The average molecular weight is 328 g/mol. The van der Waals surface area contributed by atoms with Gasteiger partial charge in [-0.15, -0.1) is 11.3 Å². The molecule has 0 spiro atoms. The summed E-state index contributed by atoms with van der Waals surface area (Å²) in [4.78, 5) is 16.4. The Hall–Kier alpha value is -2.51. The summed E-state index contributed by atoms with van der Waals surface area (Å²) >= 11 is 1.47. The number of aryl methyl sites for hydroxylation is 1. The van der Waals surface area contributed by atoms with Gasteiger partial charge in [-0.3, -0.25) is 4.79 Å². The van der Waals surface area contributed by atoms with E-state index in [-0.39, 0.29) is 12.5 Å². The van der Waals surface area contributed by atoms with Crippen LogP contribution in [-0.4, -0.2) is 34.4 Å². The fourth-order valence-corrected chi connectivity index (χ4v) is 2.94. The van der Waals surface area contributed by atoms with E-state index in [1.807, 2.05) is 42.6 Å². The Labute approximate surface area is 137 Å². The minimum Gasteiger partial charge on any atom is -0.375 e. The number of nitrogens with one attached hydrogen (secondary N) is 1. The van der Waals surface area contributed by atoms with Gasteiger partial charge in [0.05, 0.1) is 11.4 Å². The van der Waals surface area contributed by atoms with Gasteiger partial charge in [0.15, 0.2) is 0 Å². The van der Waals surface area contributed by atoms with Gasteiger partial charge >= 0.3 is 0 Å². The molecule has 6 nitrogen and oxygen atoms in total. The van der Waals surface area contributed by atoms with Crippen molar-refractivity contribution in [3.63, 3.8) is 0 Å². The number of anilines is 1. The standard InChI is InChI=1S/C16H16N4O2S/c1-11-8-14(18-15(21)9-22-2)20(19-11)16-17-13(10-23-16)12-6-4-3-5-7-12/h3-8,10H,9H2,1-2H3,(H,18,21). The first-order chi connectivity index (χ1) is 11.2. The molecule has 1 N–H and O–H groups in total. The van der Waals surface area contributed by atoms with E-state index in [1.165, 1.54) is 18.4 Å². The number of carbonyl (C=O) groups is 1. The summed E-state index contributed by atoms with van der Waals surface area (Å²) in [5.74, 6) is 0.354. The number of rotatable bonds is 5. The summed E-state index contributed by atoms with van der Waals surface area (Å²) in [6.45, 7) is 1.87. The third-order valence-electron chi connectivity index (χ3n) is 3.12. The van der Waals surface area contributed by atoms with Crippen molar-refractivity contribution < 1.29 is 9.53 Å². The maximum absolute atomic E-state index is 11.7. The van der Waals surface area contributed by atoms with Crippen molar-refractivity contribution in [3.8, 4) is 16.4 Å². The molecule has 0 aliphatic rings. The summed E-state index contributed by atoms with van der Waals surface area (Å²) in [6, 6.07) is 11.7. The topological polar surface area (TPSA) is 69.0 Å². The number of ether oxygens (including phenoxy) is 1. The molecule has 2 heterocycles. The van der Waals surface area contributed by atoms with E-state index in [9.17, 15) is 4.79 Å². The lowest BCUT2D eigenvalue weighted by Crippen LogP contribution is -2.19. The number of benzene rings is 1. The molecule has 0 saturated heterocycles. The lowest BCUT2D eigenvalue weighted by atomic mass is 10.2. The molecule has 0 aliphatic carbocycles. The zero-order valence-corrected chi connectivity index (χ0v) is 13.6. The Bertz CT molecular complexity index is 811. The summed E-state index contributed by atoms with van der Waals surface area (Å²) in [5, 5.41) is 9.87. The van der Waals surface area contributed by atoms with Crippen LogP contribution in [0.3, 0.4) is 0 Å². The number of thiazole rings is 1. The minimum atomic E-state index is -0.228. The lowest BCUT2D eigenvalue weighted by Gasteiger charge is -2.05. The zero-order valence-electron chi connectivity index (χ0n) is 12.8. The maximum Gasteiger partial charge on any atom is 0.251 e. The second kappa shape index (κ2) is 6.72. The van der Waals surface area contributed by atoms with Crippen LogP contribution >= 0.6 is 11.3 Å². The first kappa shape index (κ1) is 15.4. The molecule has 118 valence electrons. The molecule has 0 bridgehead atoms. The minimum absolute atomic E-state index is 0.00262.